The van der Waals surface area contributed by atoms with Gasteiger partial charge in [-0.25, -0.2) is 0 Å². The molecule has 0 saturated heterocycles. The van der Waals surface area contributed by atoms with E-state index in [1.807, 2.05) is 6.07 Å². The van der Waals surface area contributed by atoms with Gasteiger partial charge in [0.2, 0.25) is 0 Å². The van der Waals surface area contributed by atoms with Crippen molar-refractivity contribution in [3.63, 3.8) is 0 Å². The SMILES string of the molecule is CC(C)c1ccccc1NCCCCC(N)=NO. The van der Waals surface area contributed by atoms with Crippen LogP contribution in [-0.2, 0) is 0 Å². The summed E-state index contributed by atoms with van der Waals surface area (Å²) in [5, 5.41) is 14.8. The van der Waals surface area contributed by atoms with E-state index < -0.39 is 0 Å². The van der Waals surface area contributed by atoms with Crippen LogP contribution in [0.2, 0.25) is 0 Å². The second kappa shape index (κ2) is 7.58. The van der Waals surface area contributed by atoms with Crippen molar-refractivity contribution in [1.29, 1.82) is 0 Å². The van der Waals surface area contributed by atoms with Gasteiger partial charge in [-0.1, -0.05) is 37.2 Å². The molecule has 0 spiro atoms. The van der Waals surface area contributed by atoms with Crippen molar-refractivity contribution in [2.24, 2.45) is 10.9 Å². The minimum absolute atomic E-state index is 0.303. The predicted molar refractivity (Wildman–Crippen MR) is 76.3 cm³/mol. The normalized spacial score (nSPS) is 11.8. The molecule has 1 aromatic rings. The number of para-hydroxylation sites is 1. The van der Waals surface area contributed by atoms with Crippen LogP contribution >= 0.6 is 0 Å². The Bertz CT molecular complexity index is 388. The summed E-state index contributed by atoms with van der Waals surface area (Å²) in [6.07, 6.45) is 2.57. The maximum atomic E-state index is 8.41. The number of nitrogens with zero attached hydrogens (tertiary/aromatic N) is 1. The molecule has 0 radical (unpaired) electrons. The first kappa shape index (κ1) is 14.4. The van der Waals surface area contributed by atoms with Crippen molar-refractivity contribution in [2.75, 3.05) is 11.9 Å². The molecule has 0 heterocycles. The highest BCUT2D eigenvalue weighted by molar-refractivity contribution is 5.79. The summed E-state index contributed by atoms with van der Waals surface area (Å²) in [5.74, 6) is 0.823. The Morgan fingerprint density at radius 1 is 1.33 bits per heavy atom. The van der Waals surface area contributed by atoms with Gasteiger partial charge < -0.3 is 16.3 Å². The van der Waals surface area contributed by atoms with E-state index in [2.05, 4.69) is 42.5 Å². The number of rotatable bonds is 7. The first-order valence-corrected chi connectivity index (χ1v) is 6.44. The van der Waals surface area contributed by atoms with Crippen LogP contribution in [0.15, 0.2) is 29.4 Å². The fourth-order valence-corrected chi connectivity index (χ4v) is 1.87. The van der Waals surface area contributed by atoms with Crippen LogP contribution in [0.3, 0.4) is 0 Å². The number of oxime groups is 1. The average molecular weight is 249 g/mol. The Morgan fingerprint density at radius 2 is 2.06 bits per heavy atom. The van der Waals surface area contributed by atoms with E-state index >= 15 is 0 Å². The van der Waals surface area contributed by atoms with Crippen LogP contribution in [0, 0.1) is 0 Å². The molecule has 4 N–H and O–H groups in total. The van der Waals surface area contributed by atoms with Gasteiger partial charge >= 0.3 is 0 Å². The Morgan fingerprint density at radius 3 is 2.72 bits per heavy atom. The lowest BCUT2D eigenvalue weighted by Crippen LogP contribution is -2.12. The molecule has 0 saturated carbocycles. The molecule has 4 nitrogen and oxygen atoms in total. The van der Waals surface area contributed by atoms with Gasteiger partial charge in [0.25, 0.3) is 0 Å². The molecule has 0 aliphatic carbocycles. The first-order chi connectivity index (χ1) is 8.65. The second-order valence-corrected chi connectivity index (χ2v) is 4.72. The van der Waals surface area contributed by atoms with E-state index in [-0.39, 0.29) is 0 Å². The standard InChI is InChI=1S/C14H23N3O/c1-11(2)12-7-3-4-8-13(12)16-10-6-5-9-14(15)17-18/h3-4,7-8,11,16,18H,5-6,9-10H2,1-2H3,(H2,15,17). The molecule has 0 aliphatic rings. The quantitative estimate of drug-likeness (QED) is 0.228. The van der Waals surface area contributed by atoms with Crippen LogP contribution in [0.4, 0.5) is 5.69 Å². The summed E-state index contributed by atoms with van der Waals surface area (Å²) < 4.78 is 0. The average Bonchev–Trinajstić information content (AvgIpc) is 2.38. The van der Waals surface area contributed by atoms with Crippen molar-refractivity contribution < 1.29 is 5.21 Å². The van der Waals surface area contributed by atoms with E-state index in [0.29, 0.717) is 18.2 Å². The largest absolute Gasteiger partial charge is 0.409 e. The van der Waals surface area contributed by atoms with E-state index in [1.165, 1.54) is 11.3 Å². The van der Waals surface area contributed by atoms with Gasteiger partial charge in [0, 0.05) is 18.7 Å². The van der Waals surface area contributed by atoms with Crippen LogP contribution < -0.4 is 11.1 Å². The third-order valence-corrected chi connectivity index (χ3v) is 2.89. The predicted octanol–water partition coefficient (Wildman–Crippen LogP) is 3.14. The number of unbranched alkanes of at least 4 members (excludes halogenated alkanes) is 1. The van der Waals surface area contributed by atoms with Crippen molar-refractivity contribution in [1.82, 2.24) is 0 Å². The van der Waals surface area contributed by atoms with Gasteiger partial charge in [0.15, 0.2) is 0 Å². The molecule has 4 heteroatoms. The number of nitrogens with one attached hydrogen (secondary N) is 1. The van der Waals surface area contributed by atoms with E-state index in [4.69, 9.17) is 10.9 Å². The van der Waals surface area contributed by atoms with E-state index in [9.17, 15) is 0 Å². The van der Waals surface area contributed by atoms with E-state index in [1.54, 1.807) is 0 Å². The topological polar surface area (TPSA) is 70.6 Å². The molecule has 0 aliphatic heterocycles. The smallest absolute Gasteiger partial charge is 0.139 e. The highest BCUT2D eigenvalue weighted by Gasteiger charge is 2.04. The summed E-state index contributed by atoms with van der Waals surface area (Å²) >= 11 is 0. The third-order valence-electron chi connectivity index (χ3n) is 2.89. The van der Waals surface area contributed by atoms with Gasteiger partial charge in [-0.05, 0) is 30.4 Å². The molecule has 0 fully saturated rings. The van der Waals surface area contributed by atoms with Crippen LogP contribution in [0.1, 0.15) is 44.6 Å². The maximum absolute atomic E-state index is 8.41. The van der Waals surface area contributed by atoms with Crippen molar-refractivity contribution >= 4 is 11.5 Å². The number of anilines is 1. The van der Waals surface area contributed by atoms with Gasteiger partial charge in [-0.15, -0.1) is 0 Å². The molecule has 0 bridgehead atoms. The number of benzene rings is 1. The molecular weight excluding hydrogens is 226 g/mol. The summed E-state index contributed by atoms with van der Waals surface area (Å²) in [6, 6.07) is 8.38. The zero-order valence-corrected chi connectivity index (χ0v) is 11.2. The lowest BCUT2D eigenvalue weighted by atomic mass is 10.0. The van der Waals surface area contributed by atoms with Gasteiger partial charge in [0.1, 0.15) is 5.84 Å². The lowest BCUT2D eigenvalue weighted by molar-refractivity contribution is 0.316. The van der Waals surface area contributed by atoms with Gasteiger partial charge in [-0.2, -0.15) is 0 Å². The van der Waals surface area contributed by atoms with Gasteiger partial charge in [0.05, 0.1) is 0 Å². The molecular formula is C14H23N3O. The molecule has 1 aromatic carbocycles. The molecule has 100 valence electrons. The van der Waals surface area contributed by atoms with Gasteiger partial charge in [-0.3, -0.25) is 0 Å². The van der Waals surface area contributed by atoms with Crippen molar-refractivity contribution in [3.8, 4) is 0 Å². The zero-order valence-electron chi connectivity index (χ0n) is 11.2. The molecule has 0 amide bonds. The molecule has 18 heavy (non-hydrogen) atoms. The Hall–Kier alpha value is -1.71. The van der Waals surface area contributed by atoms with Crippen molar-refractivity contribution in [3.05, 3.63) is 29.8 Å². The summed E-state index contributed by atoms with van der Waals surface area (Å²) in [4.78, 5) is 0. The number of amidine groups is 1. The molecule has 0 aromatic heterocycles. The monoisotopic (exact) mass is 249 g/mol. The minimum atomic E-state index is 0.303. The number of hydrogen-bond donors (Lipinski definition) is 3. The Balaban J connectivity index is 2.35. The van der Waals surface area contributed by atoms with Crippen LogP contribution in [0.25, 0.3) is 0 Å². The summed E-state index contributed by atoms with van der Waals surface area (Å²) in [5.41, 5.74) is 7.96. The number of hydrogen-bond acceptors (Lipinski definition) is 3. The van der Waals surface area contributed by atoms with Crippen molar-refractivity contribution in [2.45, 2.75) is 39.0 Å². The molecule has 0 atom stereocenters. The minimum Gasteiger partial charge on any atom is -0.409 e. The van der Waals surface area contributed by atoms with Crippen LogP contribution in [-0.4, -0.2) is 17.6 Å². The fourth-order valence-electron chi connectivity index (χ4n) is 1.87. The number of nitrogens with two attached hydrogens (primary N) is 1. The highest BCUT2D eigenvalue weighted by atomic mass is 16.4. The second-order valence-electron chi connectivity index (χ2n) is 4.72. The fraction of sp³-hybridized carbons (Fsp3) is 0.500. The lowest BCUT2D eigenvalue weighted by Gasteiger charge is -2.14. The Kier molecular flexibility index (Phi) is 6.05. The van der Waals surface area contributed by atoms with Crippen LogP contribution in [0.5, 0.6) is 0 Å². The maximum Gasteiger partial charge on any atom is 0.139 e. The van der Waals surface area contributed by atoms with E-state index in [0.717, 1.165) is 19.4 Å². The highest BCUT2D eigenvalue weighted by Crippen LogP contribution is 2.23. The molecule has 0 unspecified atom stereocenters. The molecule has 1 rings (SSSR count). The first-order valence-electron chi connectivity index (χ1n) is 6.44. The zero-order chi connectivity index (χ0) is 13.4. The Labute approximate surface area is 109 Å². The summed E-state index contributed by atoms with van der Waals surface area (Å²) in [6.45, 7) is 5.29. The third kappa shape index (κ3) is 4.65. The summed E-state index contributed by atoms with van der Waals surface area (Å²) in [7, 11) is 0.